The molecule has 0 bridgehead atoms. The summed E-state index contributed by atoms with van der Waals surface area (Å²) < 4.78 is 0. The van der Waals surface area contributed by atoms with Gasteiger partial charge >= 0.3 is 0 Å². The van der Waals surface area contributed by atoms with Gasteiger partial charge in [-0.2, -0.15) is 0 Å². The van der Waals surface area contributed by atoms with Crippen molar-refractivity contribution in [1.82, 2.24) is 4.90 Å². The van der Waals surface area contributed by atoms with Crippen molar-refractivity contribution in [2.75, 3.05) is 26.2 Å². The zero-order chi connectivity index (χ0) is 11.4. The maximum atomic E-state index is 9.93. The molecular formula is C11H20N4O. The number of piperidine rings is 1. The van der Waals surface area contributed by atoms with Crippen LogP contribution in [0.3, 0.4) is 0 Å². The van der Waals surface area contributed by atoms with Crippen molar-refractivity contribution >= 4 is 0 Å². The summed E-state index contributed by atoms with van der Waals surface area (Å²) in [5, 5.41) is 13.5. The Hall–Kier alpha value is -0.770. The first-order chi connectivity index (χ1) is 7.79. The van der Waals surface area contributed by atoms with Crippen molar-refractivity contribution < 1.29 is 5.11 Å². The van der Waals surface area contributed by atoms with Crippen LogP contribution in [0.15, 0.2) is 5.11 Å². The molecule has 1 N–H and O–H groups in total. The molecule has 5 heteroatoms. The standard InChI is InChI=1S/C11H20N4O/c12-14-13-4-6-15-5-3-11(16)10(8-15)7-9-1-2-9/h9-11,16H,1-8H2/t10-,11+/m1/s1. The lowest BCUT2D eigenvalue weighted by atomic mass is 9.90. The van der Waals surface area contributed by atoms with E-state index in [4.69, 9.17) is 5.53 Å². The highest BCUT2D eigenvalue weighted by atomic mass is 16.3. The Labute approximate surface area is 96.1 Å². The third-order valence-corrected chi connectivity index (χ3v) is 3.69. The second-order valence-electron chi connectivity index (χ2n) is 5.05. The lowest BCUT2D eigenvalue weighted by molar-refractivity contribution is 0.0217. The quantitative estimate of drug-likeness (QED) is 0.439. The van der Waals surface area contributed by atoms with E-state index >= 15 is 0 Å². The summed E-state index contributed by atoms with van der Waals surface area (Å²) in [7, 11) is 0. The van der Waals surface area contributed by atoms with Crippen LogP contribution in [0.5, 0.6) is 0 Å². The van der Waals surface area contributed by atoms with E-state index in [1.807, 2.05) is 0 Å². The van der Waals surface area contributed by atoms with Gasteiger partial charge < -0.3 is 10.0 Å². The molecule has 1 aliphatic carbocycles. The normalized spacial score (nSPS) is 31.1. The van der Waals surface area contributed by atoms with E-state index in [0.29, 0.717) is 12.5 Å². The Kier molecular flexibility index (Phi) is 4.04. The average molecular weight is 224 g/mol. The minimum absolute atomic E-state index is 0.115. The second kappa shape index (κ2) is 5.53. The van der Waals surface area contributed by atoms with E-state index in [-0.39, 0.29) is 6.10 Å². The highest BCUT2D eigenvalue weighted by Gasteiger charge is 2.32. The molecule has 90 valence electrons. The van der Waals surface area contributed by atoms with Crippen LogP contribution < -0.4 is 0 Å². The highest BCUT2D eigenvalue weighted by molar-refractivity contribution is 4.85. The first-order valence-corrected chi connectivity index (χ1v) is 6.21. The molecule has 1 saturated heterocycles. The summed E-state index contributed by atoms with van der Waals surface area (Å²) >= 11 is 0. The minimum atomic E-state index is -0.115. The zero-order valence-electron chi connectivity index (χ0n) is 9.62. The Morgan fingerprint density at radius 3 is 2.88 bits per heavy atom. The first-order valence-electron chi connectivity index (χ1n) is 6.21. The smallest absolute Gasteiger partial charge is 0.0592 e. The third kappa shape index (κ3) is 3.37. The lowest BCUT2D eigenvalue weighted by Crippen LogP contribution is -2.44. The highest BCUT2D eigenvalue weighted by Crippen LogP contribution is 2.37. The van der Waals surface area contributed by atoms with Crippen LogP contribution in [0, 0.1) is 11.8 Å². The van der Waals surface area contributed by atoms with Gasteiger partial charge in [0.2, 0.25) is 0 Å². The van der Waals surface area contributed by atoms with E-state index in [0.717, 1.165) is 32.0 Å². The fourth-order valence-electron chi connectivity index (χ4n) is 2.54. The molecule has 1 heterocycles. The van der Waals surface area contributed by atoms with Gasteiger partial charge in [0.05, 0.1) is 6.10 Å². The Morgan fingerprint density at radius 2 is 2.19 bits per heavy atom. The van der Waals surface area contributed by atoms with Gasteiger partial charge in [-0.3, -0.25) is 0 Å². The molecule has 0 aromatic rings. The molecule has 2 rings (SSSR count). The molecule has 0 aromatic heterocycles. The summed E-state index contributed by atoms with van der Waals surface area (Å²) in [4.78, 5) is 5.08. The van der Waals surface area contributed by atoms with E-state index < -0.39 is 0 Å². The van der Waals surface area contributed by atoms with Crippen molar-refractivity contribution in [3.8, 4) is 0 Å². The van der Waals surface area contributed by atoms with Crippen LogP contribution in [-0.2, 0) is 0 Å². The summed E-state index contributed by atoms with van der Waals surface area (Å²) in [6.45, 7) is 3.28. The largest absolute Gasteiger partial charge is 0.393 e. The predicted octanol–water partition coefficient (Wildman–Crippen LogP) is 1.78. The van der Waals surface area contributed by atoms with Crippen LogP contribution in [0.25, 0.3) is 10.4 Å². The van der Waals surface area contributed by atoms with Gasteiger partial charge in [0, 0.05) is 31.1 Å². The van der Waals surface area contributed by atoms with Crippen LogP contribution in [-0.4, -0.2) is 42.3 Å². The van der Waals surface area contributed by atoms with Crippen molar-refractivity contribution in [2.24, 2.45) is 17.0 Å². The van der Waals surface area contributed by atoms with Gasteiger partial charge in [-0.1, -0.05) is 18.0 Å². The minimum Gasteiger partial charge on any atom is -0.393 e. The van der Waals surface area contributed by atoms with Gasteiger partial charge in [-0.25, -0.2) is 0 Å². The molecule has 16 heavy (non-hydrogen) atoms. The molecule has 2 atom stereocenters. The Bertz CT molecular complexity index is 273. The van der Waals surface area contributed by atoms with Crippen LogP contribution in [0.4, 0.5) is 0 Å². The number of hydrogen-bond donors (Lipinski definition) is 1. The van der Waals surface area contributed by atoms with Gasteiger partial charge in [0.1, 0.15) is 0 Å². The van der Waals surface area contributed by atoms with Gasteiger partial charge in [-0.15, -0.1) is 0 Å². The Balaban J connectivity index is 1.75. The molecule has 1 aliphatic heterocycles. The Morgan fingerprint density at radius 1 is 1.38 bits per heavy atom. The van der Waals surface area contributed by atoms with E-state index in [1.165, 1.54) is 19.3 Å². The summed E-state index contributed by atoms with van der Waals surface area (Å²) in [6, 6.07) is 0. The monoisotopic (exact) mass is 224 g/mol. The van der Waals surface area contributed by atoms with Crippen molar-refractivity contribution in [3.05, 3.63) is 10.4 Å². The van der Waals surface area contributed by atoms with Gasteiger partial charge in [0.15, 0.2) is 0 Å². The van der Waals surface area contributed by atoms with Crippen molar-refractivity contribution in [3.63, 3.8) is 0 Å². The van der Waals surface area contributed by atoms with Crippen molar-refractivity contribution in [2.45, 2.75) is 31.8 Å². The topological polar surface area (TPSA) is 72.2 Å². The molecule has 5 nitrogen and oxygen atoms in total. The van der Waals surface area contributed by atoms with E-state index in [1.54, 1.807) is 0 Å². The summed E-state index contributed by atoms with van der Waals surface area (Å²) in [5.41, 5.74) is 8.22. The number of likely N-dealkylation sites (tertiary alicyclic amines) is 1. The molecule has 0 spiro atoms. The van der Waals surface area contributed by atoms with Gasteiger partial charge in [-0.05, 0) is 30.2 Å². The fraction of sp³-hybridized carbons (Fsp3) is 1.00. The van der Waals surface area contributed by atoms with E-state index in [9.17, 15) is 5.11 Å². The number of aliphatic hydroxyl groups excluding tert-OH is 1. The summed E-state index contributed by atoms with van der Waals surface area (Å²) in [6.07, 6.45) is 4.63. The lowest BCUT2D eigenvalue weighted by Gasteiger charge is -2.36. The second-order valence-corrected chi connectivity index (χ2v) is 5.05. The maximum Gasteiger partial charge on any atom is 0.0592 e. The first kappa shape index (κ1) is 11.7. The summed E-state index contributed by atoms with van der Waals surface area (Å²) in [5.74, 6) is 1.31. The number of aliphatic hydroxyl groups is 1. The molecule has 2 fully saturated rings. The van der Waals surface area contributed by atoms with Crippen LogP contribution in [0.1, 0.15) is 25.7 Å². The molecule has 0 amide bonds. The number of rotatable bonds is 5. The molecule has 0 aromatic carbocycles. The molecule has 1 saturated carbocycles. The average Bonchev–Trinajstić information content (AvgIpc) is 3.07. The zero-order valence-corrected chi connectivity index (χ0v) is 9.62. The SMILES string of the molecule is [N-]=[N+]=NCCN1CC[C@H](O)[C@H](CC2CC2)C1. The molecule has 0 radical (unpaired) electrons. The molecule has 2 aliphatic rings. The molecular weight excluding hydrogens is 204 g/mol. The van der Waals surface area contributed by atoms with Gasteiger partial charge in [0.25, 0.3) is 0 Å². The third-order valence-electron chi connectivity index (χ3n) is 3.69. The van der Waals surface area contributed by atoms with Crippen LogP contribution in [0.2, 0.25) is 0 Å². The number of nitrogens with zero attached hydrogens (tertiary/aromatic N) is 4. The maximum absolute atomic E-state index is 9.93. The van der Waals surface area contributed by atoms with E-state index in [2.05, 4.69) is 14.9 Å². The predicted molar refractivity (Wildman–Crippen MR) is 61.9 cm³/mol. The van der Waals surface area contributed by atoms with Crippen molar-refractivity contribution in [1.29, 1.82) is 0 Å². The van der Waals surface area contributed by atoms with Crippen LogP contribution >= 0.6 is 0 Å². The molecule has 0 unspecified atom stereocenters. The number of azide groups is 1. The number of hydrogen-bond acceptors (Lipinski definition) is 3. The fourth-order valence-corrected chi connectivity index (χ4v) is 2.54.